The SMILES string of the molecule is CCC(CC)C(=O)c1ccc2c(c1)CCCO2. The Kier molecular flexibility index (Phi) is 3.82. The van der Waals surface area contributed by atoms with Gasteiger partial charge in [-0.3, -0.25) is 4.79 Å². The number of carbonyl (C=O) groups is 1. The first-order valence-electron chi connectivity index (χ1n) is 6.56. The van der Waals surface area contributed by atoms with Gasteiger partial charge in [0, 0.05) is 11.5 Å². The van der Waals surface area contributed by atoms with E-state index in [-0.39, 0.29) is 11.7 Å². The van der Waals surface area contributed by atoms with Gasteiger partial charge in [0.15, 0.2) is 5.78 Å². The first kappa shape index (κ1) is 12.2. The van der Waals surface area contributed by atoms with Crippen LogP contribution in [0.3, 0.4) is 0 Å². The lowest BCUT2D eigenvalue weighted by molar-refractivity contribution is 0.0913. The van der Waals surface area contributed by atoms with Crippen LogP contribution in [0.25, 0.3) is 0 Å². The van der Waals surface area contributed by atoms with Crippen molar-refractivity contribution in [3.05, 3.63) is 29.3 Å². The second-order valence-corrected chi connectivity index (χ2v) is 4.65. The van der Waals surface area contributed by atoms with E-state index in [0.29, 0.717) is 0 Å². The van der Waals surface area contributed by atoms with Gasteiger partial charge in [-0.2, -0.15) is 0 Å². The number of aryl methyl sites for hydroxylation is 1. The molecule has 92 valence electrons. The highest BCUT2D eigenvalue weighted by Crippen LogP contribution is 2.27. The van der Waals surface area contributed by atoms with Crippen LogP contribution in [0.2, 0.25) is 0 Å². The first-order valence-corrected chi connectivity index (χ1v) is 6.56. The zero-order valence-electron chi connectivity index (χ0n) is 10.7. The molecule has 1 aromatic rings. The molecular formula is C15H20O2. The van der Waals surface area contributed by atoms with Crippen molar-refractivity contribution < 1.29 is 9.53 Å². The van der Waals surface area contributed by atoms with E-state index in [2.05, 4.69) is 13.8 Å². The Morgan fingerprint density at radius 1 is 1.35 bits per heavy atom. The molecule has 1 aliphatic heterocycles. The summed E-state index contributed by atoms with van der Waals surface area (Å²) in [7, 11) is 0. The Hall–Kier alpha value is -1.31. The van der Waals surface area contributed by atoms with E-state index in [1.165, 1.54) is 5.56 Å². The Morgan fingerprint density at radius 2 is 2.12 bits per heavy atom. The maximum absolute atomic E-state index is 12.3. The highest BCUT2D eigenvalue weighted by atomic mass is 16.5. The van der Waals surface area contributed by atoms with Crippen molar-refractivity contribution in [2.24, 2.45) is 5.92 Å². The number of carbonyl (C=O) groups excluding carboxylic acids is 1. The van der Waals surface area contributed by atoms with Crippen LogP contribution >= 0.6 is 0 Å². The van der Waals surface area contributed by atoms with Crippen LogP contribution in [0, 0.1) is 5.92 Å². The number of Topliss-reactive ketones (excluding diaryl/α,β-unsaturated/α-hetero) is 1. The molecule has 0 saturated heterocycles. The number of fused-ring (bicyclic) bond motifs is 1. The molecule has 2 rings (SSSR count). The highest BCUT2D eigenvalue weighted by Gasteiger charge is 2.18. The number of hydrogen-bond donors (Lipinski definition) is 0. The number of hydrogen-bond acceptors (Lipinski definition) is 2. The summed E-state index contributed by atoms with van der Waals surface area (Å²) < 4.78 is 5.56. The molecule has 0 aromatic heterocycles. The summed E-state index contributed by atoms with van der Waals surface area (Å²) in [6.07, 6.45) is 3.92. The molecule has 0 bridgehead atoms. The zero-order chi connectivity index (χ0) is 12.3. The maximum Gasteiger partial charge on any atom is 0.165 e. The van der Waals surface area contributed by atoms with Crippen molar-refractivity contribution in [2.45, 2.75) is 39.5 Å². The van der Waals surface area contributed by atoms with E-state index in [4.69, 9.17) is 4.74 Å². The third-order valence-electron chi connectivity index (χ3n) is 3.55. The van der Waals surface area contributed by atoms with E-state index < -0.39 is 0 Å². The second kappa shape index (κ2) is 5.35. The molecular weight excluding hydrogens is 212 g/mol. The minimum atomic E-state index is 0.164. The monoisotopic (exact) mass is 232 g/mol. The van der Waals surface area contributed by atoms with Crippen molar-refractivity contribution in [3.8, 4) is 5.75 Å². The van der Waals surface area contributed by atoms with Gasteiger partial charge in [0.25, 0.3) is 0 Å². The van der Waals surface area contributed by atoms with Crippen LogP contribution < -0.4 is 4.74 Å². The summed E-state index contributed by atoms with van der Waals surface area (Å²) in [5.74, 6) is 1.40. The van der Waals surface area contributed by atoms with Crippen LogP contribution in [0.15, 0.2) is 18.2 Å². The summed E-state index contributed by atoms with van der Waals surface area (Å²) in [6, 6.07) is 5.88. The Morgan fingerprint density at radius 3 is 2.82 bits per heavy atom. The van der Waals surface area contributed by atoms with Gasteiger partial charge in [0.2, 0.25) is 0 Å². The Bertz CT molecular complexity index is 405. The van der Waals surface area contributed by atoms with Gasteiger partial charge in [-0.25, -0.2) is 0 Å². The molecule has 1 aliphatic rings. The number of ketones is 1. The quantitative estimate of drug-likeness (QED) is 0.741. The summed E-state index contributed by atoms with van der Waals surface area (Å²) in [6.45, 7) is 4.95. The van der Waals surface area contributed by atoms with E-state index >= 15 is 0 Å². The molecule has 2 heteroatoms. The molecule has 0 unspecified atom stereocenters. The number of ether oxygens (including phenoxy) is 1. The minimum Gasteiger partial charge on any atom is -0.493 e. The van der Waals surface area contributed by atoms with Gasteiger partial charge < -0.3 is 4.74 Å². The molecule has 0 spiro atoms. The van der Waals surface area contributed by atoms with E-state index in [1.807, 2.05) is 18.2 Å². The van der Waals surface area contributed by atoms with Gasteiger partial charge in [-0.15, -0.1) is 0 Å². The molecule has 2 nitrogen and oxygen atoms in total. The highest BCUT2D eigenvalue weighted by molar-refractivity contribution is 5.98. The fraction of sp³-hybridized carbons (Fsp3) is 0.533. The summed E-state index contributed by atoms with van der Waals surface area (Å²) >= 11 is 0. The fourth-order valence-corrected chi connectivity index (χ4v) is 2.41. The molecule has 1 heterocycles. The smallest absolute Gasteiger partial charge is 0.165 e. The van der Waals surface area contributed by atoms with Crippen molar-refractivity contribution >= 4 is 5.78 Å². The molecule has 0 atom stereocenters. The lowest BCUT2D eigenvalue weighted by Crippen LogP contribution is -2.15. The lowest BCUT2D eigenvalue weighted by Gasteiger charge is -2.18. The lowest BCUT2D eigenvalue weighted by atomic mass is 9.91. The largest absolute Gasteiger partial charge is 0.493 e. The predicted molar refractivity (Wildman–Crippen MR) is 68.7 cm³/mol. The molecule has 0 N–H and O–H groups in total. The van der Waals surface area contributed by atoms with Crippen molar-refractivity contribution in [1.29, 1.82) is 0 Å². The Balaban J connectivity index is 2.24. The normalized spacial score (nSPS) is 14.3. The van der Waals surface area contributed by atoms with Gasteiger partial charge in [-0.05, 0) is 49.4 Å². The zero-order valence-corrected chi connectivity index (χ0v) is 10.7. The van der Waals surface area contributed by atoms with Crippen molar-refractivity contribution in [2.75, 3.05) is 6.61 Å². The van der Waals surface area contributed by atoms with E-state index in [1.54, 1.807) is 0 Å². The third-order valence-corrected chi connectivity index (χ3v) is 3.55. The molecule has 0 saturated carbocycles. The second-order valence-electron chi connectivity index (χ2n) is 4.65. The summed E-state index contributed by atoms with van der Waals surface area (Å²) in [4.78, 5) is 12.3. The topological polar surface area (TPSA) is 26.3 Å². The van der Waals surface area contributed by atoms with Gasteiger partial charge >= 0.3 is 0 Å². The minimum absolute atomic E-state index is 0.164. The van der Waals surface area contributed by atoms with Crippen LogP contribution in [0.5, 0.6) is 5.75 Å². The molecule has 17 heavy (non-hydrogen) atoms. The standard InChI is InChI=1S/C15H20O2/c1-3-11(4-2)15(16)13-7-8-14-12(10-13)6-5-9-17-14/h7-8,10-11H,3-6,9H2,1-2H3. The first-order chi connectivity index (χ1) is 8.26. The summed E-state index contributed by atoms with van der Waals surface area (Å²) in [5, 5.41) is 0. The third kappa shape index (κ3) is 2.51. The average molecular weight is 232 g/mol. The van der Waals surface area contributed by atoms with Crippen LogP contribution in [-0.2, 0) is 6.42 Å². The fourth-order valence-electron chi connectivity index (χ4n) is 2.41. The van der Waals surface area contributed by atoms with Crippen molar-refractivity contribution in [3.63, 3.8) is 0 Å². The molecule has 0 aliphatic carbocycles. The van der Waals surface area contributed by atoms with Gasteiger partial charge in [0.1, 0.15) is 5.75 Å². The van der Waals surface area contributed by atoms with Crippen molar-refractivity contribution in [1.82, 2.24) is 0 Å². The molecule has 0 amide bonds. The predicted octanol–water partition coefficient (Wildman–Crippen LogP) is 3.63. The number of rotatable bonds is 4. The van der Waals surface area contributed by atoms with Crippen LogP contribution in [-0.4, -0.2) is 12.4 Å². The van der Waals surface area contributed by atoms with Gasteiger partial charge in [-0.1, -0.05) is 13.8 Å². The Labute approximate surface area is 103 Å². The number of benzene rings is 1. The summed E-state index contributed by atoms with van der Waals surface area (Å²) in [5.41, 5.74) is 2.04. The van der Waals surface area contributed by atoms with E-state index in [9.17, 15) is 4.79 Å². The van der Waals surface area contributed by atoms with Crippen LogP contribution in [0.4, 0.5) is 0 Å². The molecule has 0 fully saturated rings. The van der Waals surface area contributed by atoms with Gasteiger partial charge in [0.05, 0.1) is 6.61 Å². The molecule has 1 aromatic carbocycles. The maximum atomic E-state index is 12.3. The average Bonchev–Trinajstić information content (AvgIpc) is 2.39. The van der Waals surface area contributed by atoms with Crippen LogP contribution in [0.1, 0.15) is 49.0 Å². The molecule has 0 radical (unpaired) electrons. The van der Waals surface area contributed by atoms with E-state index in [0.717, 1.165) is 43.6 Å².